The van der Waals surface area contributed by atoms with Crippen molar-refractivity contribution < 1.29 is 9.32 Å². The summed E-state index contributed by atoms with van der Waals surface area (Å²) in [5, 5.41) is 7.16. The molecular weight excluding hydrogens is 342 g/mol. The Morgan fingerprint density at radius 1 is 1.26 bits per heavy atom. The van der Waals surface area contributed by atoms with Gasteiger partial charge in [-0.1, -0.05) is 17.3 Å². The lowest BCUT2D eigenvalue weighted by atomic mass is 10.1. The molecule has 1 saturated heterocycles. The number of rotatable bonds is 4. The van der Waals surface area contributed by atoms with Crippen LogP contribution in [-0.2, 0) is 0 Å². The Morgan fingerprint density at radius 3 is 2.89 bits per heavy atom. The maximum atomic E-state index is 13.2. The number of nitrogens with zero attached hydrogens (tertiary/aromatic N) is 4. The quantitative estimate of drug-likeness (QED) is 0.764. The number of hydrogen-bond donors (Lipinski definition) is 1. The molecule has 0 radical (unpaired) electrons. The third kappa shape index (κ3) is 3.28. The van der Waals surface area contributed by atoms with E-state index in [0.717, 1.165) is 35.6 Å². The monoisotopic (exact) mass is 363 g/mol. The summed E-state index contributed by atoms with van der Waals surface area (Å²) >= 11 is 0. The summed E-state index contributed by atoms with van der Waals surface area (Å²) in [6.45, 7) is 2.58. The molecule has 3 aromatic rings. The largest absolute Gasteiger partial charge is 0.371 e. The number of amides is 1. The van der Waals surface area contributed by atoms with Gasteiger partial charge in [0.15, 0.2) is 5.82 Å². The predicted octanol–water partition coefficient (Wildman–Crippen LogP) is 3.46. The standard InChI is InChI=1S/C20H21N5O2/c1-13-11-16(24-27-13)17-7-4-10-25(17)20(26)15-6-3-5-14(12-15)18-19(21-2)23-9-8-22-18/h3,5-6,8-9,11-12,17H,4,7,10H2,1-2H3,(H,21,23)/t17-/m1/s1. The van der Waals surface area contributed by atoms with Crippen LogP contribution < -0.4 is 5.32 Å². The van der Waals surface area contributed by atoms with E-state index in [1.165, 1.54) is 0 Å². The maximum absolute atomic E-state index is 13.2. The van der Waals surface area contributed by atoms with Crippen molar-refractivity contribution in [1.29, 1.82) is 0 Å². The number of carbonyl (C=O) groups excluding carboxylic acids is 1. The van der Waals surface area contributed by atoms with E-state index in [0.29, 0.717) is 17.9 Å². The molecule has 1 N–H and O–H groups in total. The second-order valence-electron chi connectivity index (χ2n) is 6.60. The maximum Gasteiger partial charge on any atom is 0.254 e. The van der Waals surface area contributed by atoms with Crippen LogP contribution >= 0.6 is 0 Å². The number of aryl methyl sites for hydroxylation is 1. The van der Waals surface area contributed by atoms with Crippen molar-refractivity contribution in [2.24, 2.45) is 0 Å². The van der Waals surface area contributed by atoms with E-state index < -0.39 is 0 Å². The van der Waals surface area contributed by atoms with Crippen LogP contribution in [-0.4, -0.2) is 39.5 Å². The molecule has 2 aromatic heterocycles. The lowest BCUT2D eigenvalue weighted by molar-refractivity contribution is 0.0731. The van der Waals surface area contributed by atoms with E-state index in [-0.39, 0.29) is 11.9 Å². The van der Waals surface area contributed by atoms with Gasteiger partial charge in [-0.25, -0.2) is 4.98 Å². The van der Waals surface area contributed by atoms with Crippen molar-refractivity contribution in [3.8, 4) is 11.3 Å². The molecule has 0 aliphatic carbocycles. The topological polar surface area (TPSA) is 84.2 Å². The van der Waals surface area contributed by atoms with Gasteiger partial charge in [-0.2, -0.15) is 0 Å². The molecule has 1 atom stereocenters. The van der Waals surface area contributed by atoms with E-state index >= 15 is 0 Å². The van der Waals surface area contributed by atoms with Crippen molar-refractivity contribution in [1.82, 2.24) is 20.0 Å². The molecule has 0 spiro atoms. The number of aromatic nitrogens is 3. The summed E-state index contributed by atoms with van der Waals surface area (Å²) in [7, 11) is 1.80. The Balaban J connectivity index is 1.64. The molecule has 0 saturated carbocycles. The van der Waals surface area contributed by atoms with Crippen LogP contribution in [0, 0.1) is 6.92 Å². The van der Waals surface area contributed by atoms with Crippen LogP contribution in [0.15, 0.2) is 47.2 Å². The first-order valence-corrected chi connectivity index (χ1v) is 9.01. The Hall–Kier alpha value is -3.22. The van der Waals surface area contributed by atoms with Crippen LogP contribution in [0.4, 0.5) is 5.82 Å². The summed E-state index contributed by atoms with van der Waals surface area (Å²) in [5.74, 6) is 1.43. The zero-order chi connectivity index (χ0) is 18.8. The molecule has 7 nitrogen and oxygen atoms in total. The van der Waals surface area contributed by atoms with Gasteiger partial charge in [0, 0.05) is 43.2 Å². The zero-order valence-electron chi connectivity index (χ0n) is 15.3. The van der Waals surface area contributed by atoms with Crippen LogP contribution in [0.1, 0.15) is 40.7 Å². The first-order valence-electron chi connectivity index (χ1n) is 9.01. The number of benzene rings is 1. The number of nitrogens with one attached hydrogen (secondary N) is 1. The molecule has 1 aromatic carbocycles. The fourth-order valence-corrected chi connectivity index (χ4v) is 3.56. The van der Waals surface area contributed by atoms with Crippen LogP contribution in [0.2, 0.25) is 0 Å². The van der Waals surface area contributed by atoms with Gasteiger partial charge in [-0.15, -0.1) is 0 Å². The van der Waals surface area contributed by atoms with Crippen molar-refractivity contribution >= 4 is 11.7 Å². The molecule has 1 aliphatic rings. The molecule has 1 aliphatic heterocycles. The summed E-state index contributed by atoms with van der Waals surface area (Å²) in [5.41, 5.74) is 3.03. The molecule has 138 valence electrons. The van der Waals surface area contributed by atoms with Gasteiger partial charge in [0.05, 0.1) is 6.04 Å². The molecule has 7 heteroatoms. The van der Waals surface area contributed by atoms with E-state index in [9.17, 15) is 4.79 Å². The minimum atomic E-state index is -0.0389. The number of hydrogen-bond acceptors (Lipinski definition) is 6. The Labute approximate surface area is 157 Å². The Bertz CT molecular complexity index is 968. The molecule has 1 amide bonds. The Morgan fingerprint density at radius 2 is 2.11 bits per heavy atom. The van der Waals surface area contributed by atoms with Gasteiger partial charge in [0.2, 0.25) is 0 Å². The highest BCUT2D eigenvalue weighted by Crippen LogP contribution is 2.33. The number of likely N-dealkylation sites (tertiary alicyclic amines) is 1. The molecule has 4 rings (SSSR count). The third-order valence-corrected chi connectivity index (χ3v) is 4.82. The first-order chi connectivity index (χ1) is 13.2. The summed E-state index contributed by atoms with van der Waals surface area (Å²) in [4.78, 5) is 23.8. The van der Waals surface area contributed by atoms with Crippen molar-refractivity contribution in [3.63, 3.8) is 0 Å². The summed E-state index contributed by atoms with van der Waals surface area (Å²) < 4.78 is 5.20. The van der Waals surface area contributed by atoms with Crippen molar-refractivity contribution in [3.05, 3.63) is 59.7 Å². The second kappa shape index (κ2) is 7.19. The van der Waals surface area contributed by atoms with Gasteiger partial charge in [-0.05, 0) is 31.9 Å². The van der Waals surface area contributed by atoms with Crippen LogP contribution in [0.5, 0.6) is 0 Å². The summed E-state index contributed by atoms with van der Waals surface area (Å²) in [6.07, 6.45) is 5.13. The molecule has 3 heterocycles. The second-order valence-corrected chi connectivity index (χ2v) is 6.60. The highest BCUT2D eigenvalue weighted by Gasteiger charge is 2.32. The van der Waals surface area contributed by atoms with Gasteiger partial charge in [-0.3, -0.25) is 9.78 Å². The average Bonchev–Trinajstić information content (AvgIpc) is 3.36. The van der Waals surface area contributed by atoms with E-state index in [1.54, 1.807) is 19.4 Å². The number of carbonyl (C=O) groups is 1. The molecule has 0 unspecified atom stereocenters. The predicted molar refractivity (Wildman–Crippen MR) is 101 cm³/mol. The lowest BCUT2D eigenvalue weighted by Gasteiger charge is -2.23. The fraction of sp³-hybridized carbons (Fsp3) is 0.300. The van der Waals surface area contributed by atoms with Crippen molar-refractivity contribution in [2.75, 3.05) is 18.9 Å². The van der Waals surface area contributed by atoms with E-state index in [2.05, 4.69) is 20.4 Å². The smallest absolute Gasteiger partial charge is 0.254 e. The molecule has 0 bridgehead atoms. The number of anilines is 1. The van der Waals surface area contributed by atoms with Gasteiger partial charge in [0.25, 0.3) is 5.91 Å². The first kappa shape index (κ1) is 17.2. The highest BCUT2D eigenvalue weighted by atomic mass is 16.5. The Kier molecular flexibility index (Phi) is 4.58. The van der Waals surface area contributed by atoms with E-state index in [1.807, 2.05) is 42.2 Å². The van der Waals surface area contributed by atoms with Gasteiger partial charge < -0.3 is 14.7 Å². The van der Waals surface area contributed by atoms with Gasteiger partial charge >= 0.3 is 0 Å². The van der Waals surface area contributed by atoms with Crippen LogP contribution in [0.25, 0.3) is 11.3 Å². The zero-order valence-corrected chi connectivity index (χ0v) is 15.3. The minimum Gasteiger partial charge on any atom is -0.371 e. The highest BCUT2D eigenvalue weighted by molar-refractivity contribution is 5.96. The minimum absolute atomic E-state index is 0.00472. The van der Waals surface area contributed by atoms with Crippen molar-refractivity contribution in [2.45, 2.75) is 25.8 Å². The molecular formula is C20H21N5O2. The molecule has 27 heavy (non-hydrogen) atoms. The molecule has 1 fully saturated rings. The fourth-order valence-electron chi connectivity index (χ4n) is 3.56. The summed E-state index contributed by atoms with van der Waals surface area (Å²) in [6, 6.07) is 9.39. The third-order valence-electron chi connectivity index (χ3n) is 4.82. The lowest BCUT2D eigenvalue weighted by Crippen LogP contribution is -2.30. The van der Waals surface area contributed by atoms with Gasteiger partial charge in [0.1, 0.15) is 17.1 Å². The normalized spacial score (nSPS) is 16.5. The van der Waals surface area contributed by atoms with E-state index in [4.69, 9.17) is 4.52 Å². The van der Waals surface area contributed by atoms with Crippen LogP contribution in [0.3, 0.4) is 0 Å². The SMILES string of the molecule is CNc1nccnc1-c1cccc(C(=O)N2CCC[C@@H]2c2cc(C)on2)c1. The average molecular weight is 363 g/mol.